The van der Waals surface area contributed by atoms with Gasteiger partial charge in [0.25, 0.3) is 5.91 Å². The Bertz CT molecular complexity index is 861. The summed E-state index contributed by atoms with van der Waals surface area (Å²) in [6, 6.07) is 11.3. The van der Waals surface area contributed by atoms with E-state index in [1.165, 1.54) is 34.1 Å². The Morgan fingerprint density at radius 2 is 1.70 bits per heavy atom. The second-order valence-corrected chi connectivity index (χ2v) is 5.71. The molecule has 27 heavy (non-hydrogen) atoms. The zero-order chi connectivity index (χ0) is 20.0. The lowest BCUT2D eigenvalue weighted by Gasteiger charge is -2.16. The predicted molar refractivity (Wildman–Crippen MR) is 99.5 cm³/mol. The van der Waals surface area contributed by atoms with Crippen molar-refractivity contribution in [3.05, 3.63) is 53.6 Å². The van der Waals surface area contributed by atoms with Crippen molar-refractivity contribution in [1.29, 1.82) is 0 Å². The molecule has 0 heterocycles. The van der Waals surface area contributed by atoms with Crippen LogP contribution >= 0.6 is 0 Å². The number of carbonyl (C=O) groups is 3. The summed E-state index contributed by atoms with van der Waals surface area (Å²) in [6.45, 7) is 2.89. The van der Waals surface area contributed by atoms with E-state index >= 15 is 0 Å². The molecule has 0 aromatic heterocycles. The summed E-state index contributed by atoms with van der Waals surface area (Å²) in [4.78, 5) is 36.2. The maximum Gasteiger partial charge on any atom is 0.342 e. The maximum atomic E-state index is 12.4. The summed E-state index contributed by atoms with van der Waals surface area (Å²) in [5.74, 6) is -0.746. The van der Waals surface area contributed by atoms with Crippen LogP contribution < -0.4 is 14.8 Å². The molecule has 2 rings (SSSR count). The maximum absolute atomic E-state index is 12.4. The number of carbonyl (C=O) groups excluding carboxylic acids is 3. The third-order valence-electron chi connectivity index (χ3n) is 3.81. The number of hydrogen-bond donors (Lipinski definition) is 1. The number of Topliss-reactive ketones (excluding diaryl/α,β-unsaturated/α-hetero) is 1. The molecule has 0 aliphatic rings. The first-order valence-corrected chi connectivity index (χ1v) is 8.21. The van der Waals surface area contributed by atoms with E-state index in [0.29, 0.717) is 17.0 Å². The summed E-state index contributed by atoms with van der Waals surface area (Å²) >= 11 is 0. The van der Waals surface area contributed by atoms with Gasteiger partial charge in [0.15, 0.2) is 23.4 Å². The number of rotatable bonds is 7. The fourth-order valence-electron chi connectivity index (χ4n) is 2.39. The van der Waals surface area contributed by atoms with Gasteiger partial charge in [0, 0.05) is 11.3 Å². The third-order valence-corrected chi connectivity index (χ3v) is 3.81. The molecule has 0 fully saturated rings. The van der Waals surface area contributed by atoms with Crippen molar-refractivity contribution >= 4 is 23.3 Å². The Morgan fingerprint density at radius 3 is 2.33 bits per heavy atom. The molecule has 0 saturated carbocycles. The molecule has 0 aliphatic heterocycles. The van der Waals surface area contributed by atoms with Crippen LogP contribution in [0.5, 0.6) is 11.5 Å². The van der Waals surface area contributed by atoms with Crippen LogP contribution in [0.3, 0.4) is 0 Å². The Labute approximate surface area is 157 Å². The topological polar surface area (TPSA) is 90.9 Å². The average molecular weight is 371 g/mol. The van der Waals surface area contributed by atoms with E-state index in [1.807, 2.05) is 0 Å². The second kappa shape index (κ2) is 8.84. The Hall–Kier alpha value is -3.35. The van der Waals surface area contributed by atoms with Crippen molar-refractivity contribution in [3.63, 3.8) is 0 Å². The van der Waals surface area contributed by atoms with E-state index < -0.39 is 18.0 Å². The lowest BCUT2D eigenvalue weighted by molar-refractivity contribution is -0.123. The second-order valence-electron chi connectivity index (χ2n) is 5.71. The van der Waals surface area contributed by atoms with Crippen molar-refractivity contribution in [2.75, 3.05) is 19.5 Å². The van der Waals surface area contributed by atoms with Gasteiger partial charge in [-0.1, -0.05) is 18.2 Å². The van der Waals surface area contributed by atoms with Crippen molar-refractivity contribution in [1.82, 2.24) is 0 Å². The van der Waals surface area contributed by atoms with Crippen LogP contribution in [0.4, 0.5) is 5.69 Å². The molecule has 0 radical (unpaired) electrons. The number of hydrogen-bond acceptors (Lipinski definition) is 6. The average Bonchev–Trinajstić information content (AvgIpc) is 2.67. The first-order chi connectivity index (χ1) is 12.9. The van der Waals surface area contributed by atoms with Gasteiger partial charge in [-0.3, -0.25) is 9.59 Å². The molecule has 0 bridgehead atoms. The first kappa shape index (κ1) is 20.0. The van der Waals surface area contributed by atoms with Gasteiger partial charge in [0.05, 0.1) is 14.2 Å². The van der Waals surface area contributed by atoms with Gasteiger partial charge in [-0.15, -0.1) is 0 Å². The standard InChI is InChI=1S/C20H21NO6/c1-12(22)14-7-5-8-15(11-14)21-19(23)13(2)27-20(24)16-9-6-10-17(25-3)18(16)26-4/h5-11,13H,1-4H3,(H,21,23)/t13-/m0/s1. The molecule has 142 valence electrons. The molecule has 0 unspecified atom stereocenters. The van der Waals surface area contributed by atoms with Crippen molar-refractivity contribution in [3.8, 4) is 11.5 Å². The zero-order valence-corrected chi connectivity index (χ0v) is 15.6. The van der Waals surface area contributed by atoms with E-state index in [2.05, 4.69) is 5.32 Å². The van der Waals surface area contributed by atoms with Gasteiger partial charge in [0.2, 0.25) is 0 Å². The quantitative estimate of drug-likeness (QED) is 0.594. The number of amides is 1. The van der Waals surface area contributed by atoms with Crippen LogP contribution in [0, 0.1) is 0 Å². The van der Waals surface area contributed by atoms with Crippen LogP contribution in [-0.4, -0.2) is 38.0 Å². The Kier molecular flexibility index (Phi) is 6.54. The van der Waals surface area contributed by atoms with Crippen molar-refractivity contribution < 1.29 is 28.6 Å². The van der Waals surface area contributed by atoms with Gasteiger partial charge < -0.3 is 19.5 Å². The fraction of sp³-hybridized carbons (Fsp3) is 0.250. The van der Waals surface area contributed by atoms with Crippen LogP contribution in [0.2, 0.25) is 0 Å². The number of methoxy groups -OCH3 is 2. The molecule has 1 N–H and O–H groups in total. The molecule has 1 amide bonds. The number of ether oxygens (including phenoxy) is 3. The number of anilines is 1. The van der Waals surface area contributed by atoms with E-state index in [1.54, 1.807) is 36.4 Å². The smallest absolute Gasteiger partial charge is 0.342 e. The summed E-state index contributed by atoms with van der Waals surface area (Å²) in [5.41, 5.74) is 1.06. The lowest BCUT2D eigenvalue weighted by Crippen LogP contribution is -2.30. The van der Waals surface area contributed by atoms with E-state index in [-0.39, 0.29) is 17.1 Å². The lowest BCUT2D eigenvalue weighted by atomic mass is 10.1. The minimum absolute atomic E-state index is 0.115. The van der Waals surface area contributed by atoms with Gasteiger partial charge >= 0.3 is 5.97 Å². The molecule has 0 saturated heterocycles. The molecule has 1 atom stereocenters. The van der Waals surface area contributed by atoms with Crippen LogP contribution in [-0.2, 0) is 9.53 Å². The van der Waals surface area contributed by atoms with E-state index in [4.69, 9.17) is 14.2 Å². The van der Waals surface area contributed by atoms with Gasteiger partial charge in [-0.2, -0.15) is 0 Å². The molecule has 2 aromatic carbocycles. The van der Waals surface area contributed by atoms with Crippen LogP contribution in [0.25, 0.3) is 0 Å². The van der Waals surface area contributed by atoms with Gasteiger partial charge in [0.1, 0.15) is 5.56 Å². The summed E-state index contributed by atoms with van der Waals surface area (Å²) in [5, 5.41) is 2.62. The van der Waals surface area contributed by atoms with E-state index in [0.717, 1.165) is 0 Å². The molecule has 0 aliphatic carbocycles. The molecule has 0 spiro atoms. The first-order valence-electron chi connectivity index (χ1n) is 8.21. The summed E-state index contributed by atoms with van der Waals surface area (Å²) in [6.07, 6.45) is -1.06. The van der Waals surface area contributed by atoms with Gasteiger partial charge in [-0.05, 0) is 38.1 Å². The van der Waals surface area contributed by atoms with Crippen LogP contribution in [0.1, 0.15) is 34.6 Å². The number of esters is 1. The largest absolute Gasteiger partial charge is 0.493 e. The highest BCUT2D eigenvalue weighted by atomic mass is 16.6. The molecular formula is C20H21NO6. The minimum atomic E-state index is -1.06. The minimum Gasteiger partial charge on any atom is -0.493 e. The van der Waals surface area contributed by atoms with Crippen LogP contribution in [0.15, 0.2) is 42.5 Å². The monoisotopic (exact) mass is 371 g/mol. The SMILES string of the molecule is COc1cccc(C(=O)O[C@@H](C)C(=O)Nc2cccc(C(C)=O)c2)c1OC. The fourth-order valence-corrected chi connectivity index (χ4v) is 2.39. The third kappa shape index (κ3) is 4.84. The summed E-state index contributed by atoms with van der Waals surface area (Å²) < 4.78 is 15.6. The predicted octanol–water partition coefficient (Wildman–Crippen LogP) is 3.09. The number of nitrogens with one attached hydrogen (secondary N) is 1. The van der Waals surface area contributed by atoms with Crippen molar-refractivity contribution in [2.45, 2.75) is 20.0 Å². The number of para-hydroxylation sites is 1. The van der Waals surface area contributed by atoms with E-state index in [9.17, 15) is 14.4 Å². The molecule has 7 nitrogen and oxygen atoms in total. The highest BCUT2D eigenvalue weighted by Crippen LogP contribution is 2.31. The Morgan fingerprint density at radius 1 is 1.00 bits per heavy atom. The molecule has 2 aromatic rings. The molecule has 7 heteroatoms. The molecular weight excluding hydrogens is 350 g/mol. The normalized spacial score (nSPS) is 11.3. The van der Waals surface area contributed by atoms with Crippen molar-refractivity contribution in [2.24, 2.45) is 0 Å². The van der Waals surface area contributed by atoms with Gasteiger partial charge in [-0.25, -0.2) is 4.79 Å². The highest BCUT2D eigenvalue weighted by molar-refractivity contribution is 6.00. The Balaban J connectivity index is 2.09. The number of ketones is 1. The highest BCUT2D eigenvalue weighted by Gasteiger charge is 2.23. The number of benzene rings is 2. The summed E-state index contributed by atoms with van der Waals surface area (Å²) in [7, 11) is 2.87. The zero-order valence-electron chi connectivity index (χ0n) is 15.6.